The molecule has 9 nitrogen and oxygen atoms in total. The number of amides is 2. The molecule has 5 N–H and O–H groups in total. The first-order chi connectivity index (χ1) is 20.1. The SMILES string of the molecule is Cc1ccc(-n2nc(C(C)(C)C)cc2NC(=O)Nc2ccccc2C(C(=O)c2cccnc2N)C2CCNCC2)cc1. The van der Waals surface area contributed by atoms with Crippen molar-refractivity contribution in [3.8, 4) is 5.69 Å². The van der Waals surface area contributed by atoms with Gasteiger partial charge in [0.1, 0.15) is 11.6 Å². The quantitative estimate of drug-likeness (QED) is 0.202. The van der Waals surface area contributed by atoms with Crippen molar-refractivity contribution in [3.63, 3.8) is 0 Å². The lowest BCUT2D eigenvalue weighted by Crippen LogP contribution is -2.34. The minimum Gasteiger partial charge on any atom is -0.383 e. The molecule has 1 aliphatic heterocycles. The van der Waals surface area contributed by atoms with Crippen molar-refractivity contribution >= 4 is 29.1 Å². The van der Waals surface area contributed by atoms with Gasteiger partial charge in [0, 0.05) is 23.4 Å². The van der Waals surface area contributed by atoms with Crippen molar-refractivity contribution in [2.24, 2.45) is 5.92 Å². The monoisotopic (exact) mass is 565 g/mol. The van der Waals surface area contributed by atoms with Crippen molar-refractivity contribution in [2.75, 3.05) is 29.5 Å². The summed E-state index contributed by atoms with van der Waals surface area (Å²) in [6.07, 6.45) is 3.25. The second-order valence-corrected chi connectivity index (χ2v) is 11.9. The molecule has 218 valence electrons. The molecular weight excluding hydrogens is 526 g/mol. The maximum Gasteiger partial charge on any atom is 0.324 e. The number of benzene rings is 2. The first-order valence-corrected chi connectivity index (χ1v) is 14.4. The van der Waals surface area contributed by atoms with Crippen molar-refractivity contribution < 1.29 is 9.59 Å². The molecule has 2 amide bonds. The standard InChI is InChI=1S/C33H39N7O2/c1-21-11-13-23(14-12-21)40-28(20-27(39-40)33(2,3)4)38-32(42)37-26-10-6-5-8-24(26)29(22-15-18-35-19-16-22)30(41)25-9-7-17-36-31(25)34/h5-14,17,20,22,29,35H,15-16,18-19H2,1-4H3,(H2,34,36)(H2,37,38,42). The summed E-state index contributed by atoms with van der Waals surface area (Å²) in [5.41, 5.74) is 10.5. The third kappa shape index (κ3) is 6.36. The van der Waals surface area contributed by atoms with Crippen LogP contribution in [0.1, 0.15) is 66.7 Å². The zero-order valence-corrected chi connectivity index (χ0v) is 24.6. The van der Waals surface area contributed by atoms with Gasteiger partial charge in [0.15, 0.2) is 5.78 Å². The summed E-state index contributed by atoms with van der Waals surface area (Å²) in [6, 6.07) is 20.4. The van der Waals surface area contributed by atoms with E-state index in [1.807, 2.05) is 61.5 Å². The Morgan fingerprint density at radius 2 is 1.71 bits per heavy atom. The zero-order chi connectivity index (χ0) is 29.9. The Balaban J connectivity index is 1.47. The van der Waals surface area contributed by atoms with Gasteiger partial charge in [-0.25, -0.2) is 14.5 Å². The number of nitrogen functional groups attached to an aromatic ring is 1. The van der Waals surface area contributed by atoms with E-state index >= 15 is 0 Å². The molecule has 3 heterocycles. The fourth-order valence-corrected chi connectivity index (χ4v) is 5.45. The summed E-state index contributed by atoms with van der Waals surface area (Å²) in [7, 11) is 0. The van der Waals surface area contributed by atoms with Crippen LogP contribution < -0.4 is 21.7 Å². The predicted octanol–water partition coefficient (Wildman–Crippen LogP) is 6.07. The highest BCUT2D eigenvalue weighted by Gasteiger charge is 2.34. The first kappa shape index (κ1) is 29.0. The van der Waals surface area contributed by atoms with E-state index < -0.39 is 11.9 Å². The number of hydrogen-bond donors (Lipinski definition) is 4. The lowest BCUT2D eigenvalue weighted by Gasteiger charge is -2.31. The number of piperidine rings is 1. The summed E-state index contributed by atoms with van der Waals surface area (Å²) >= 11 is 0. The number of rotatable bonds is 7. The van der Waals surface area contributed by atoms with Gasteiger partial charge in [-0.15, -0.1) is 0 Å². The van der Waals surface area contributed by atoms with Crippen LogP contribution in [0.25, 0.3) is 5.69 Å². The highest BCUT2D eigenvalue weighted by Crippen LogP contribution is 2.38. The van der Waals surface area contributed by atoms with Crippen LogP contribution in [-0.4, -0.2) is 39.7 Å². The van der Waals surface area contributed by atoms with Gasteiger partial charge in [0.2, 0.25) is 0 Å². The Morgan fingerprint density at radius 3 is 2.40 bits per heavy atom. The Hall–Kier alpha value is -4.50. The average molecular weight is 566 g/mol. The number of aromatic nitrogens is 3. The number of nitrogens with one attached hydrogen (secondary N) is 3. The third-order valence-corrected chi connectivity index (χ3v) is 7.78. The van der Waals surface area contributed by atoms with Gasteiger partial charge in [0.25, 0.3) is 0 Å². The van der Waals surface area contributed by atoms with Crippen LogP contribution in [0.2, 0.25) is 0 Å². The highest BCUT2D eigenvalue weighted by molar-refractivity contribution is 6.06. The zero-order valence-electron chi connectivity index (χ0n) is 24.6. The highest BCUT2D eigenvalue weighted by atomic mass is 16.2. The number of anilines is 3. The summed E-state index contributed by atoms with van der Waals surface area (Å²) in [5, 5.41) is 14.2. The Morgan fingerprint density at radius 1 is 1.00 bits per heavy atom. The molecular formula is C33H39N7O2. The summed E-state index contributed by atoms with van der Waals surface area (Å²) < 4.78 is 1.75. The van der Waals surface area contributed by atoms with Crippen LogP contribution in [0.15, 0.2) is 72.9 Å². The summed E-state index contributed by atoms with van der Waals surface area (Å²) in [6.45, 7) is 9.94. The molecule has 1 unspecified atom stereocenters. The topological polar surface area (TPSA) is 127 Å². The molecule has 5 rings (SSSR count). The molecule has 0 spiro atoms. The molecule has 9 heteroatoms. The van der Waals surface area contributed by atoms with Crippen LogP contribution in [0.4, 0.5) is 22.1 Å². The number of carbonyl (C=O) groups is 2. The van der Waals surface area contributed by atoms with Gasteiger partial charge in [-0.2, -0.15) is 5.10 Å². The van der Waals surface area contributed by atoms with Gasteiger partial charge in [-0.05, 0) is 74.7 Å². The van der Waals surface area contributed by atoms with Gasteiger partial charge in [-0.3, -0.25) is 10.1 Å². The van der Waals surface area contributed by atoms with Gasteiger partial charge in [-0.1, -0.05) is 56.7 Å². The largest absolute Gasteiger partial charge is 0.383 e. The number of hydrogen-bond acceptors (Lipinski definition) is 6. The molecule has 1 aliphatic rings. The lowest BCUT2D eigenvalue weighted by molar-refractivity contribution is 0.0917. The number of carbonyl (C=O) groups excluding carboxylic acids is 2. The third-order valence-electron chi connectivity index (χ3n) is 7.78. The summed E-state index contributed by atoms with van der Waals surface area (Å²) in [4.78, 5) is 31.7. The van der Waals surface area contributed by atoms with E-state index in [0.29, 0.717) is 17.1 Å². The number of ketones is 1. The van der Waals surface area contributed by atoms with E-state index in [2.05, 4.69) is 41.7 Å². The first-order valence-electron chi connectivity index (χ1n) is 14.4. The van der Waals surface area contributed by atoms with Gasteiger partial charge < -0.3 is 16.4 Å². The molecule has 1 saturated heterocycles. The number of pyridine rings is 1. The van der Waals surface area contributed by atoms with Crippen molar-refractivity contribution in [1.82, 2.24) is 20.1 Å². The second kappa shape index (κ2) is 12.2. The van der Waals surface area contributed by atoms with E-state index in [4.69, 9.17) is 10.8 Å². The summed E-state index contributed by atoms with van der Waals surface area (Å²) in [5.74, 6) is 0.272. The van der Waals surface area contributed by atoms with Crippen molar-refractivity contribution in [2.45, 2.75) is 51.9 Å². The normalized spacial score (nSPS) is 14.8. The van der Waals surface area contributed by atoms with Crippen LogP contribution in [0, 0.1) is 12.8 Å². The average Bonchev–Trinajstić information content (AvgIpc) is 3.39. The Bertz CT molecular complexity index is 1560. The lowest BCUT2D eigenvalue weighted by atomic mass is 9.76. The fraction of sp³-hybridized carbons (Fsp3) is 0.333. The van der Waals surface area contributed by atoms with Gasteiger partial charge >= 0.3 is 6.03 Å². The molecule has 1 fully saturated rings. The van der Waals surface area contributed by atoms with E-state index in [1.54, 1.807) is 23.0 Å². The van der Waals surface area contributed by atoms with E-state index in [1.165, 1.54) is 0 Å². The Labute approximate surface area is 246 Å². The van der Waals surface area contributed by atoms with Crippen LogP contribution in [0.3, 0.4) is 0 Å². The van der Waals surface area contributed by atoms with Crippen LogP contribution in [0.5, 0.6) is 0 Å². The van der Waals surface area contributed by atoms with Crippen molar-refractivity contribution in [3.05, 3.63) is 95.3 Å². The van der Waals surface area contributed by atoms with E-state index in [9.17, 15) is 9.59 Å². The molecule has 2 aromatic carbocycles. The molecule has 0 radical (unpaired) electrons. The van der Waals surface area contributed by atoms with E-state index in [-0.39, 0.29) is 22.9 Å². The molecule has 0 saturated carbocycles. The number of para-hydroxylation sites is 1. The number of aryl methyl sites for hydroxylation is 1. The number of urea groups is 1. The maximum absolute atomic E-state index is 14.0. The maximum atomic E-state index is 14.0. The molecule has 2 aromatic heterocycles. The molecule has 1 atom stereocenters. The molecule has 4 aromatic rings. The second-order valence-electron chi connectivity index (χ2n) is 11.9. The predicted molar refractivity (Wildman–Crippen MR) is 167 cm³/mol. The number of nitrogens with zero attached hydrogens (tertiary/aromatic N) is 3. The van der Waals surface area contributed by atoms with Crippen LogP contribution in [-0.2, 0) is 5.41 Å². The Kier molecular flexibility index (Phi) is 8.40. The fourth-order valence-electron chi connectivity index (χ4n) is 5.45. The minimum absolute atomic E-state index is 0.0849. The minimum atomic E-state index is -0.485. The molecule has 0 bridgehead atoms. The smallest absolute Gasteiger partial charge is 0.324 e. The number of Topliss-reactive ketones (excluding diaryl/α,β-unsaturated/α-hetero) is 1. The van der Waals surface area contributed by atoms with Crippen molar-refractivity contribution in [1.29, 1.82) is 0 Å². The molecule has 42 heavy (non-hydrogen) atoms. The van der Waals surface area contributed by atoms with Gasteiger partial charge in [0.05, 0.1) is 22.9 Å². The molecule has 0 aliphatic carbocycles. The number of nitrogens with two attached hydrogens (primary N) is 1. The van der Waals surface area contributed by atoms with Crippen LogP contribution >= 0.6 is 0 Å². The van der Waals surface area contributed by atoms with E-state index in [0.717, 1.165) is 48.4 Å².